The summed E-state index contributed by atoms with van der Waals surface area (Å²) in [5, 5.41) is 19.0. The molecule has 15 heteroatoms. The van der Waals surface area contributed by atoms with E-state index in [2.05, 4.69) is 20.2 Å². The molecule has 4 heterocycles. The maximum Gasteiger partial charge on any atom is 0.257 e. The van der Waals surface area contributed by atoms with Crippen LogP contribution in [0.3, 0.4) is 0 Å². The molecule has 166 valence electrons. The molecule has 4 N–H and O–H groups in total. The molecule has 0 saturated carbocycles. The molecule has 12 nitrogen and oxygen atoms in total. The maximum absolute atomic E-state index is 11.4. The number of imidazole rings is 2. The van der Waals surface area contributed by atoms with E-state index < -0.39 is 20.0 Å². The van der Waals surface area contributed by atoms with Crippen LogP contribution in [0, 0.1) is 20.8 Å². The third-order valence-corrected chi connectivity index (χ3v) is 6.71. The molecule has 31 heavy (non-hydrogen) atoms. The molecule has 0 aromatic carbocycles. The Bertz CT molecular complexity index is 1510. The summed E-state index contributed by atoms with van der Waals surface area (Å²) in [5.41, 5.74) is 2.36. The highest BCUT2D eigenvalue weighted by atomic mass is 32.2. The molecule has 4 rings (SSSR count). The van der Waals surface area contributed by atoms with Crippen LogP contribution in [0.1, 0.15) is 17.1 Å². The van der Waals surface area contributed by atoms with Gasteiger partial charge in [-0.3, -0.25) is 0 Å². The molecule has 0 fully saturated rings. The van der Waals surface area contributed by atoms with Crippen molar-refractivity contribution < 1.29 is 16.8 Å². The first kappa shape index (κ1) is 23.1. The summed E-state index contributed by atoms with van der Waals surface area (Å²) in [7, 11) is -7.61. The molecule has 0 radical (unpaired) electrons. The zero-order valence-electron chi connectivity index (χ0n) is 17.0. The van der Waals surface area contributed by atoms with Crippen LogP contribution in [0.4, 0.5) is 0 Å². The van der Waals surface area contributed by atoms with Crippen LogP contribution < -0.4 is 10.3 Å². The highest BCUT2D eigenvalue weighted by Gasteiger charge is 2.21. The molecule has 0 unspecified atom stereocenters. The molecule has 0 aliphatic heterocycles. The van der Waals surface area contributed by atoms with Gasteiger partial charge in [0.1, 0.15) is 5.03 Å². The lowest BCUT2D eigenvalue weighted by Gasteiger charge is -2.00. The Hall–Kier alpha value is -2.59. The third-order valence-electron chi connectivity index (χ3n) is 4.06. The molecule has 0 spiro atoms. The molecule has 0 atom stereocenters. The molecule has 0 aliphatic rings. The fourth-order valence-electron chi connectivity index (χ4n) is 2.88. The molecule has 0 aliphatic carbocycles. The van der Waals surface area contributed by atoms with E-state index in [4.69, 9.17) is 10.3 Å². The first-order valence-electron chi connectivity index (χ1n) is 8.62. The van der Waals surface area contributed by atoms with E-state index in [9.17, 15) is 16.8 Å². The summed E-state index contributed by atoms with van der Waals surface area (Å²) < 4.78 is 47.9. The predicted molar refractivity (Wildman–Crippen MR) is 115 cm³/mol. The van der Waals surface area contributed by atoms with Crippen LogP contribution in [-0.2, 0) is 20.0 Å². The minimum Gasteiger partial charge on any atom is -0.231 e. The van der Waals surface area contributed by atoms with Gasteiger partial charge in [0.05, 0.1) is 17.1 Å². The summed E-state index contributed by atoms with van der Waals surface area (Å²) in [4.78, 5) is 8.15. The van der Waals surface area contributed by atoms with Crippen molar-refractivity contribution in [3.05, 3.63) is 41.3 Å². The van der Waals surface area contributed by atoms with Crippen molar-refractivity contribution in [2.45, 2.75) is 35.8 Å². The van der Waals surface area contributed by atoms with Crippen molar-refractivity contribution in [2.24, 2.45) is 10.3 Å². The Morgan fingerprint density at radius 2 is 1.23 bits per heavy atom. The van der Waals surface area contributed by atoms with Crippen LogP contribution in [0.15, 0.2) is 39.3 Å². The number of primary sulfonamides is 2. The summed E-state index contributed by atoms with van der Waals surface area (Å²) in [6.07, 6.45) is 1.86. The molecule has 0 amide bonds. The van der Waals surface area contributed by atoms with Gasteiger partial charge in [0.15, 0.2) is 21.3 Å². The number of aryl methyl sites for hydroxylation is 3. The first-order chi connectivity index (χ1) is 14.3. The van der Waals surface area contributed by atoms with E-state index >= 15 is 0 Å². The highest BCUT2D eigenvalue weighted by molar-refractivity contribution is 7.98. The average molecular weight is 485 g/mol. The number of nitrogens with two attached hydrogens (primary N) is 2. The smallest absolute Gasteiger partial charge is 0.231 e. The lowest BCUT2D eigenvalue weighted by Crippen LogP contribution is -2.17. The van der Waals surface area contributed by atoms with Gasteiger partial charge in [0.25, 0.3) is 20.0 Å². The van der Waals surface area contributed by atoms with Crippen molar-refractivity contribution >= 4 is 43.1 Å². The standard InChI is InChI=1S/C8H10N4O2S2.C8H10N4O2S/c1-5-8(16(9,13)14)12-6(10-5)3-4-7(11-12)15-2;1-5-3-4-7-10-6(2)8(12(7)11-5)15(9,13)14/h3-4H,1-2H3,(H2,9,13,14);3-4H,1-2H3,(H2,9,13,14). The van der Waals surface area contributed by atoms with Crippen LogP contribution in [0.25, 0.3) is 11.3 Å². The summed E-state index contributed by atoms with van der Waals surface area (Å²) in [5.74, 6) is 0. The summed E-state index contributed by atoms with van der Waals surface area (Å²) in [6, 6.07) is 6.94. The number of rotatable bonds is 3. The minimum atomic E-state index is -3.81. The maximum atomic E-state index is 11.4. The molecule has 0 saturated heterocycles. The fourth-order valence-corrected chi connectivity index (χ4v) is 4.92. The van der Waals surface area contributed by atoms with Gasteiger partial charge >= 0.3 is 0 Å². The number of thioether (sulfide) groups is 1. The zero-order chi connectivity index (χ0) is 23.1. The Balaban J connectivity index is 0.000000176. The van der Waals surface area contributed by atoms with E-state index in [1.807, 2.05) is 6.26 Å². The Morgan fingerprint density at radius 3 is 1.68 bits per heavy atom. The van der Waals surface area contributed by atoms with Gasteiger partial charge in [-0.1, -0.05) is 0 Å². The number of aromatic nitrogens is 6. The van der Waals surface area contributed by atoms with Gasteiger partial charge in [-0.25, -0.2) is 41.6 Å². The van der Waals surface area contributed by atoms with Crippen LogP contribution >= 0.6 is 11.8 Å². The van der Waals surface area contributed by atoms with E-state index in [1.54, 1.807) is 45.0 Å². The SMILES string of the molecule is CSc1ccc2nc(C)c(S(N)(=O)=O)n2n1.Cc1ccc2nc(C)c(S(N)(=O)=O)n2n1. The van der Waals surface area contributed by atoms with Crippen molar-refractivity contribution in [1.29, 1.82) is 0 Å². The number of fused-ring (bicyclic) bond motifs is 2. The fraction of sp³-hybridized carbons (Fsp3) is 0.250. The first-order valence-corrected chi connectivity index (χ1v) is 12.9. The molecule has 4 aromatic heterocycles. The second-order valence-electron chi connectivity index (χ2n) is 6.49. The summed E-state index contributed by atoms with van der Waals surface area (Å²) >= 11 is 1.42. The highest BCUT2D eigenvalue weighted by Crippen LogP contribution is 2.18. The van der Waals surface area contributed by atoms with Crippen molar-refractivity contribution in [2.75, 3.05) is 6.26 Å². The predicted octanol–water partition coefficient (Wildman–Crippen LogP) is 0.401. The van der Waals surface area contributed by atoms with E-state index in [0.717, 1.165) is 0 Å². The molecule has 0 bridgehead atoms. The van der Waals surface area contributed by atoms with Gasteiger partial charge in [-0.15, -0.1) is 11.8 Å². The van der Waals surface area contributed by atoms with E-state index in [-0.39, 0.29) is 10.1 Å². The third kappa shape index (κ3) is 4.69. The van der Waals surface area contributed by atoms with Crippen LogP contribution in [0.2, 0.25) is 0 Å². The van der Waals surface area contributed by atoms with Crippen LogP contribution in [-0.4, -0.2) is 52.3 Å². The minimum absolute atomic E-state index is 0.0544. The molecular formula is C16H20N8O4S3. The summed E-state index contributed by atoms with van der Waals surface area (Å²) in [6.45, 7) is 4.94. The Kier molecular flexibility index (Phi) is 6.07. The number of nitrogens with zero attached hydrogens (tertiary/aromatic N) is 6. The Morgan fingerprint density at radius 1 is 0.774 bits per heavy atom. The largest absolute Gasteiger partial charge is 0.257 e. The lowest BCUT2D eigenvalue weighted by atomic mass is 10.4. The zero-order valence-corrected chi connectivity index (χ0v) is 19.5. The quantitative estimate of drug-likeness (QED) is 0.389. The van der Waals surface area contributed by atoms with Gasteiger partial charge in [-0.2, -0.15) is 14.7 Å². The average Bonchev–Trinajstić information content (AvgIpc) is 3.15. The number of sulfonamides is 2. The lowest BCUT2D eigenvalue weighted by molar-refractivity contribution is 0.586. The van der Waals surface area contributed by atoms with Crippen LogP contribution in [0.5, 0.6) is 0 Å². The second kappa shape index (κ2) is 8.16. The van der Waals surface area contributed by atoms with Crippen molar-refractivity contribution in [3.63, 3.8) is 0 Å². The topological polar surface area (TPSA) is 181 Å². The monoisotopic (exact) mass is 484 g/mol. The molecule has 4 aromatic rings. The number of hydrogen-bond acceptors (Lipinski definition) is 9. The number of hydrogen-bond donors (Lipinski definition) is 2. The second-order valence-corrected chi connectivity index (χ2v) is 10.3. The van der Waals surface area contributed by atoms with E-state index in [0.29, 0.717) is 33.4 Å². The van der Waals surface area contributed by atoms with Gasteiger partial charge in [0.2, 0.25) is 0 Å². The Labute approximate surface area is 182 Å². The van der Waals surface area contributed by atoms with Gasteiger partial charge in [0, 0.05) is 0 Å². The normalized spacial score (nSPS) is 12.2. The van der Waals surface area contributed by atoms with Gasteiger partial charge in [-0.05, 0) is 51.3 Å². The molecular weight excluding hydrogens is 464 g/mol. The van der Waals surface area contributed by atoms with E-state index in [1.165, 1.54) is 20.8 Å². The van der Waals surface area contributed by atoms with Crippen molar-refractivity contribution in [3.8, 4) is 0 Å². The van der Waals surface area contributed by atoms with Gasteiger partial charge < -0.3 is 0 Å². The van der Waals surface area contributed by atoms with Crippen molar-refractivity contribution in [1.82, 2.24) is 29.2 Å².